The number of rotatable bonds is 5. The van der Waals surface area contributed by atoms with Crippen LogP contribution in [0.25, 0.3) is 0 Å². The van der Waals surface area contributed by atoms with Crippen molar-refractivity contribution in [3.05, 3.63) is 59.8 Å². The van der Waals surface area contributed by atoms with Gasteiger partial charge < -0.3 is 10.2 Å². The molecule has 2 fully saturated rings. The van der Waals surface area contributed by atoms with Gasteiger partial charge in [-0.25, -0.2) is 13.4 Å². The summed E-state index contributed by atoms with van der Waals surface area (Å²) in [7, 11) is -3.00. The number of sulfone groups is 1. The quantitative estimate of drug-likeness (QED) is 0.767. The molecule has 4 rings (SSSR count). The van der Waals surface area contributed by atoms with Crippen molar-refractivity contribution in [2.75, 3.05) is 43.0 Å². The summed E-state index contributed by atoms with van der Waals surface area (Å²) in [5, 5.41) is 3.49. The molecule has 2 aliphatic rings. The van der Waals surface area contributed by atoms with Gasteiger partial charge in [0.05, 0.1) is 17.1 Å². The molecule has 0 bridgehead atoms. The Morgan fingerprint density at radius 3 is 2.32 bits per heavy atom. The smallest absolute Gasteiger partial charge is 0.255 e. The van der Waals surface area contributed by atoms with Crippen molar-refractivity contribution in [1.29, 1.82) is 0 Å². The number of pyridine rings is 1. The molecular weight excluding hydrogens is 412 g/mol. The van der Waals surface area contributed by atoms with Crippen molar-refractivity contribution in [3.63, 3.8) is 0 Å². The topological polar surface area (TPSA) is 82.6 Å². The van der Waals surface area contributed by atoms with Gasteiger partial charge in [-0.05, 0) is 37.5 Å². The van der Waals surface area contributed by atoms with Gasteiger partial charge in [0.1, 0.15) is 5.82 Å². The Hall–Kier alpha value is -2.45. The second kappa shape index (κ2) is 9.36. The molecule has 2 aliphatic heterocycles. The summed E-state index contributed by atoms with van der Waals surface area (Å²) >= 11 is 0. The van der Waals surface area contributed by atoms with Crippen LogP contribution >= 0.6 is 0 Å². The summed E-state index contributed by atoms with van der Waals surface area (Å²) in [5.41, 5.74) is 1.85. The standard InChI is InChI=1S/C23H30N4O3S/c1-18(19-5-3-2-4-6-19)26-11-9-21(10-12-26)25-22-8-7-20(17-24-22)23(28)27-13-15-31(29,30)16-14-27/h2-8,17-18,21H,9-16H2,1H3,(H,24,25). The van der Waals surface area contributed by atoms with Crippen molar-refractivity contribution in [3.8, 4) is 0 Å². The molecule has 1 aromatic carbocycles. The molecule has 1 atom stereocenters. The zero-order valence-corrected chi connectivity index (χ0v) is 18.7. The number of piperidine rings is 1. The van der Waals surface area contributed by atoms with E-state index in [2.05, 4.69) is 52.5 Å². The van der Waals surface area contributed by atoms with Crippen LogP contribution in [0.3, 0.4) is 0 Å². The normalized spacial score (nSPS) is 20.9. The molecule has 1 amide bonds. The van der Waals surface area contributed by atoms with Gasteiger partial charge in [-0.2, -0.15) is 0 Å². The van der Waals surface area contributed by atoms with Crippen molar-refractivity contribution in [1.82, 2.24) is 14.8 Å². The highest BCUT2D eigenvalue weighted by molar-refractivity contribution is 7.91. The van der Waals surface area contributed by atoms with Crippen LogP contribution in [0.15, 0.2) is 48.7 Å². The highest BCUT2D eigenvalue weighted by atomic mass is 32.2. The first kappa shape index (κ1) is 21.8. The monoisotopic (exact) mass is 442 g/mol. The van der Waals surface area contributed by atoms with Crippen LogP contribution in [0, 0.1) is 0 Å². The number of hydrogen-bond acceptors (Lipinski definition) is 6. The molecule has 0 aliphatic carbocycles. The first-order valence-electron chi connectivity index (χ1n) is 10.9. The van der Waals surface area contributed by atoms with Gasteiger partial charge in [0.2, 0.25) is 0 Å². The van der Waals surface area contributed by atoms with E-state index in [1.54, 1.807) is 17.2 Å². The fourth-order valence-electron chi connectivity index (χ4n) is 4.29. The van der Waals surface area contributed by atoms with E-state index in [1.165, 1.54) is 5.56 Å². The van der Waals surface area contributed by atoms with Crippen LogP contribution in [0.2, 0.25) is 0 Å². The molecule has 7 nitrogen and oxygen atoms in total. The lowest BCUT2D eigenvalue weighted by Crippen LogP contribution is -2.43. The molecule has 1 aromatic heterocycles. The Morgan fingerprint density at radius 1 is 1.03 bits per heavy atom. The summed E-state index contributed by atoms with van der Waals surface area (Å²) in [4.78, 5) is 21.1. The first-order chi connectivity index (χ1) is 14.9. The lowest BCUT2D eigenvalue weighted by molar-refractivity contribution is 0.0770. The second-order valence-electron chi connectivity index (χ2n) is 8.42. The Morgan fingerprint density at radius 2 is 1.71 bits per heavy atom. The Kier molecular flexibility index (Phi) is 6.57. The van der Waals surface area contributed by atoms with Gasteiger partial charge in [-0.3, -0.25) is 9.69 Å². The molecular formula is C23H30N4O3S. The number of amides is 1. The van der Waals surface area contributed by atoms with Crippen LogP contribution in [0.1, 0.15) is 41.7 Å². The van der Waals surface area contributed by atoms with Crippen molar-refractivity contribution >= 4 is 21.6 Å². The predicted octanol–water partition coefficient (Wildman–Crippen LogP) is 2.59. The highest BCUT2D eigenvalue weighted by Crippen LogP contribution is 2.25. The number of carbonyl (C=O) groups excluding carboxylic acids is 1. The van der Waals surface area contributed by atoms with Gasteiger partial charge in [0.25, 0.3) is 5.91 Å². The molecule has 0 spiro atoms. The van der Waals surface area contributed by atoms with Gasteiger partial charge in [0, 0.05) is 44.5 Å². The van der Waals surface area contributed by atoms with Crippen LogP contribution in [0.4, 0.5) is 5.82 Å². The van der Waals surface area contributed by atoms with Crippen LogP contribution < -0.4 is 5.32 Å². The molecule has 1 N–H and O–H groups in total. The average molecular weight is 443 g/mol. The van der Waals surface area contributed by atoms with E-state index in [0.29, 0.717) is 17.6 Å². The third-order valence-corrected chi connectivity index (χ3v) is 7.96. The minimum atomic E-state index is -3.00. The Bertz CT molecular complexity index is 973. The number of aromatic nitrogens is 1. The van der Waals surface area contributed by atoms with E-state index in [-0.39, 0.29) is 30.5 Å². The zero-order chi connectivity index (χ0) is 21.8. The lowest BCUT2D eigenvalue weighted by atomic mass is 10.00. The number of nitrogens with zero attached hydrogens (tertiary/aromatic N) is 3. The molecule has 1 unspecified atom stereocenters. The summed E-state index contributed by atoms with van der Waals surface area (Å²) in [5.74, 6) is 0.685. The first-order valence-corrected chi connectivity index (χ1v) is 12.7. The fourth-order valence-corrected chi connectivity index (χ4v) is 5.49. The van der Waals surface area contributed by atoms with E-state index in [9.17, 15) is 13.2 Å². The molecule has 2 aromatic rings. The Labute approximate surface area is 184 Å². The summed E-state index contributed by atoms with van der Waals surface area (Å²) in [6.45, 7) is 4.82. The second-order valence-corrected chi connectivity index (χ2v) is 10.7. The number of likely N-dealkylation sites (tertiary alicyclic amines) is 1. The van der Waals surface area contributed by atoms with E-state index >= 15 is 0 Å². The maximum Gasteiger partial charge on any atom is 0.255 e. The SMILES string of the molecule is CC(c1ccccc1)N1CCC(Nc2ccc(C(=O)N3CCS(=O)(=O)CC3)cn2)CC1. The van der Waals surface area contributed by atoms with Gasteiger partial charge in [0.15, 0.2) is 9.84 Å². The van der Waals surface area contributed by atoms with Crippen molar-refractivity contribution < 1.29 is 13.2 Å². The summed E-state index contributed by atoms with van der Waals surface area (Å²) < 4.78 is 23.1. The van der Waals surface area contributed by atoms with Crippen LogP contribution in [-0.4, -0.2) is 72.8 Å². The minimum absolute atomic E-state index is 0.0351. The van der Waals surface area contributed by atoms with Gasteiger partial charge in [-0.1, -0.05) is 30.3 Å². The maximum atomic E-state index is 12.6. The third-order valence-electron chi connectivity index (χ3n) is 6.35. The van der Waals surface area contributed by atoms with Crippen LogP contribution in [-0.2, 0) is 9.84 Å². The highest BCUT2D eigenvalue weighted by Gasteiger charge is 2.26. The minimum Gasteiger partial charge on any atom is -0.367 e. The van der Waals surface area contributed by atoms with Crippen molar-refractivity contribution in [2.45, 2.75) is 31.8 Å². The molecule has 2 saturated heterocycles. The fraction of sp³-hybridized carbons (Fsp3) is 0.478. The molecule has 0 radical (unpaired) electrons. The third kappa shape index (κ3) is 5.43. The molecule has 166 valence electrons. The van der Waals surface area contributed by atoms with Crippen molar-refractivity contribution in [2.24, 2.45) is 0 Å². The number of hydrogen-bond donors (Lipinski definition) is 1. The van der Waals surface area contributed by atoms with E-state index in [1.807, 2.05) is 6.07 Å². The van der Waals surface area contributed by atoms with E-state index in [0.717, 1.165) is 31.7 Å². The van der Waals surface area contributed by atoms with Crippen LogP contribution in [0.5, 0.6) is 0 Å². The summed E-state index contributed by atoms with van der Waals surface area (Å²) in [6, 6.07) is 15.0. The molecule has 3 heterocycles. The number of benzene rings is 1. The zero-order valence-electron chi connectivity index (χ0n) is 17.9. The number of carbonyl (C=O) groups is 1. The number of nitrogens with one attached hydrogen (secondary N) is 1. The van der Waals surface area contributed by atoms with E-state index in [4.69, 9.17) is 0 Å². The molecule has 31 heavy (non-hydrogen) atoms. The van der Waals surface area contributed by atoms with Gasteiger partial charge >= 0.3 is 0 Å². The molecule has 0 saturated carbocycles. The predicted molar refractivity (Wildman–Crippen MR) is 122 cm³/mol. The average Bonchev–Trinajstić information content (AvgIpc) is 2.80. The van der Waals surface area contributed by atoms with E-state index < -0.39 is 9.84 Å². The van der Waals surface area contributed by atoms with Gasteiger partial charge in [-0.15, -0.1) is 0 Å². The number of anilines is 1. The largest absolute Gasteiger partial charge is 0.367 e. The maximum absolute atomic E-state index is 12.6. The Balaban J connectivity index is 1.27. The molecule has 8 heteroatoms. The summed E-state index contributed by atoms with van der Waals surface area (Å²) in [6.07, 6.45) is 3.67. The lowest BCUT2D eigenvalue weighted by Gasteiger charge is -2.36.